The summed E-state index contributed by atoms with van der Waals surface area (Å²) in [4.78, 5) is 16.5. The molecule has 4 rings (SSSR count). The van der Waals surface area contributed by atoms with Crippen molar-refractivity contribution in [2.45, 2.75) is 32.7 Å². The zero-order valence-electron chi connectivity index (χ0n) is 13.4. The van der Waals surface area contributed by atoms with Crippen molar-refractivity contribution in [3.63, 3.8) is 0 Å². The van der Waals surface area contributed by atoms with Gasteiger partial charge in [0.15, 0.2) is 0 Å². The molecular weight excluding hydrogens is 304 g/mol. The van der Waals surface area contributed by atoms with E-state index in [1.54, 1.807) is 6.20 Å². The molecule has 6 nitrogen and oxygen atoms in total. The van der Waals surface area contributed by atoms with Crippen LogP contribution in [0.15, 0.2) is 35.2 Å². The first-order valence-electron chi connectivity index (χ1n) is 8.05. The Labute approximate surface area is 139 Å². The molecule has 0 radical (unpaired) electrons. The number of hydrogen-bond acceptors (Lipinski definition) is 4. The molecule has 2 heterocycles. The number of aromatic amines is 1. The number of amides is 1. The van der Waals surface area contributed by atoms with Gasteiger partial charge in [0.2, 0.25) is 5.89 Å². The summed E-state index contributed by atoms with van der Waals surface area (Å²) in [6.07, 6.45) is 7.98. The lowest BCUT2D eigenvalue weighted by Crippen LogP contribution is -2.23. The van der Waals surface area contributed by atoms with Gasteiger partial charge in [-0.3, -0.25) is 9.89 Å². The summed E-state index contributed by atoms with van der Waals surface area (Å²) in [5, 5.41) is 10.1. The van der Waals surface area contributed by atoms with Gasteiger partial charge in [-0.1, -0.05) is 0 Å². The van der Waals surface area contributed by atoms with Crippen LogP contribution in [0.4, 0.5) is 0 Å². The van der Waals surface area contributed by atoms with Gasteiger partial charge in [-0.15, -0.1) is 0 Å². The largest absolute Gasteiger partial charge is 0.447 e. The number of nitrogens with zero attached hydrogens (tertiary/aromatic N) is 2. The molecule has 1 aliphatic carbocycles. The third kappa shape index (κ3) is 2.60. The maximum absolute atomic E-state index is 12.5. The number of nitrogens with one attached hydrogen (secondary N) is 2. The van der Waals surface area contributed by atoms with Gasteiger partial charge < -0.3 is 9.73 Å². The predicted molar refractivity (Wildman–Crippen MR) is 88.5 cm³/mol. The highest BCUT2D eigenvalue weighted by Gasteiger charge is 2.20. The van der Waals surface area contributed by atoms with Gasteiger partial charge in [-0.25, -0.2) is 4.98 Å². The molecule has 0 spiro atoms. The van der Waals surface area contributed by atoms with Crippen LogP contribution in [0.25, 0.3) is 11.3 Å². The fraction of sp³-hybridized carbons (Fsp3) is 0.278. The maximum Gasteiger partial charge on any atom is 0.251 e. The first kappa shape index (κ1) is 14.7. The number of rotatable bonds is 3. The number of hydrogen-bond donors (Lipinski definition) is 2. The SMILES string of the molecule is Cc1cc(C(=O)NCc2ncco2)cc2c1-c1[nH]ncc1CCC2. The molecule has 0 atom stereocenters. The molecule has 0 aliphatic heterocycles. The summed E-state index contributed by atoms with van der Waals surface area (Å²) >= 11 is 0. The summed E-state index contributed by atoms with van der Waals surface area (Å²) in [6, 6.07) is 3.92. The number of fused-ring (bicyclic) bond motifs is 3. The molecule has 0 unspecified atom stereocenters. The minimum absolute atomic E-state index is 0.117. The van der Waals surface area contributed by atoms with Crippen LogP contribution in [0.3, 0.4) is 0 Å². The summed E-state index contributed by atoms with van der Waals surface area (Å²) < 4.78 is 5.14. The van der Waals surface area contributed by atoms with Crippen LogP contribution in [-0.4, -0.2) is 21.1 Å². The van der Waals surface area contributed by atoms with E-state index in [0.717, 1.165) is 30.5 Å². The van der Waals surface area contributed by atoms with Gasteiger partial charge in [0.1, 0.15) is 6.26 Å². The number of carbonyl (C=O) groups excluding carboxylic acids is 1. The van der Waals surface area contributed by atoms with Gasteiger partial charge in [0, 0.05) is 11.1 Å². The first-order valence-corrected chi connectivity index (χ1v) is 8.05. The molecular formula is C18H18N4O2. The third-order valence-electron chi connectivity index (χ3n) is 4.42. The smallest absolute Gasteiger partial charge is 0.251 e. The van der Waals surface area contributed by atoms with Gasteiger partial charge >= 0.3 is 0 Å². The van der Waals surface area contributed by atoms with Crippen molar-refractivity contribution in [1.29, 1.82) is 0 Å². The molecule has 1 aliphatic rings. The molecule has 0 saturated carbocycles. The number of H-pyrrole nitrogens is 1. The molecule has 0 saturated heterocycles. The maximum atomic E-state index is 12.5. The minimum atomic E-state index is -0.117. The van der Waals surface area contributed by atoms with E-state index >= 15 is 0 Å². The lowest BCUT2D eigenvalue weighted by atomic mass is 9.94. The average Bonchev–Trinajstić information content (AvgIpc) is 3.21. The number of benzene rings is 1. The lowest BCUT2D eigenvalue weighted by molar-refractivity contribution is 0.0947. The molecule has 1 aromatic carbocycles. The highest BCUT2D eigenvalue weighted by atomic mass is 16.3. The topological polar surface area (TPSA) is 83.8 Å². The Morgan fingerprint density at radius 2 is 2.21 bits per heavy atom. The molecule has 6 heteroatoms. The van der Waals surface area contributed by atoms with E-state index in [4.69, 9.17) is 4.42 Å². The lowest BCUT2D eigenvalue weighted by Gasteiger charge is -2.13. The minimum Gasteiger partial charge on any atom is -0.447 e. The van der Waals surface area contributed by atoms with E-state index in [1.807, 2.05) is 25.3 Å². The van der Waals surface area contributed by atoms with E-state index in [-0.39, 0.29) is 12.5 Å². The molecule has 0 fully saturated rings. The Hall–Kier alpha value is -2.89. The summed E-state index contributed by atoms with van der Waals surface area (Å²) in [6.45, 7) is 2.33. The van der Waals surface area contributed by atoms with Crippen LogP contribution in [-0.2, 0) is 19.4 Å². The van der Waals surface area contributed by atoms with E-state index in [0.29, 0.717) is 11.5 Å². The van der Waals surface area contributed by atoms with E-state index < -0.39 is 0 Å². The van der Waals surface area contributed by atoms with Crippen molar-refractivity contribution in [3.05, 3.63) is 58.9 Å². The van der Waals surface area contributed by atoms with Gasteiger partial charge in [0.05, 0.1) is 24.6 Å². The molecule has 3 aromatic rings. The second-order valence-electron chi connectivity index (χ2n) is 6.06. The van der Waals surface area contributed by atoms with Crippen LogP contribution in [0.2, 0.25) is 0 Å². The third-order valence-corrected chi connectivity index (χ3v) is 4.42. The number of aryl methyl sites for hydroxylation is 3. The zero-order valence-corrected chi connectivity index (χ0v) is 13.4. The second kappa shape index (κ2) is 5.96. The van der Waals surface area contributed by atoms with Crippen molar-refractivity contribution in [1.82, 2.24) is 20.5 Å². The molecule has 2 aromatic heterocycles. The predicted octanol–water partition coefficient (Wildman–Crippen LogP) is 2.79. The Bertz CT molecular complexity index is 881. The fourth-order valence-corrected chi connectivity index (χ4v) is 3.33. The first-order chi connectivity index (χ1) is 11.7. The zero-order chi connectivity index (χ0) is 16.5. The summed E-state index contributed by atoms with van der Waals surface area (Å²) in [7, 11) is 0. The van der Waals surface area contributed by atoms with Crippen LogP contribution in [0.5, 0.6) is 0 Å². The van der Waals surface area contributed by atoms with E-state index in [9.17, 15) is 4.79 Å². The number of oxazole rings is 1. The quantitative estimate of drug-likeness (QED) is 0.776. The number of aromatic nitrogens is 3. The fourth-order valence-electron chi connectivity index (χ4n) is 3.33. The van der Waals surface area contributed by atoms with Gasteiger partial charge in [-0.05, 0) is 55.0 Å². The van der Waals surface area contributed by atoms with Gasteiger partial charge in [-0.2, -0.15) is 5.10 Å². The molecule has 2 N–H and O–H groups in total. The summed E-state index contributed by atoms with van der Waals surface area (Å²) in [5.74, 6) is 0.380. The van der Waals surface area contributed by atoms with Crippen molar-refractivity contribution >= 4 is 5.91 Å². The Morgan fingerprint density at radius 1 is 1.33 bits per heavy atom. The monoisotopic (exact) mass is 322 g/mol. The number of carbonyl (C=O) groups is 1. The van der Waals surface area contributed by atoms with Crippen molar-refractivity contribution < 1.29 is 9.21 Å². The van der Waals surface area contributed by atoms with E-state index in [2.05, 4.69) is 20.5 Å². The molecule has 0 bridgehead atoms. The summed E-state index contributed by atoms with van der Waals surface area (Å²) in [5.41, 5.74) is 6.47. The standard InChI is InChI=1S/C18H18N4O2/c1-11-7-14(18(23)20-10-15-19-5-6-24-15)8-12-3-2-4-13-9-21-22-17(13)16(11)12/h5-9H,2-4,10H2,1H3,(H,20,23)(H,21,22). The van der Waals surface area contributed by atoms with Crippen LogP contribution >= 0.6 is 0 Å². The Kier molecular flexibility index (Phi) is 3.65. The van der Waals surface area contributed by atoms with Crippen LogP contribution in [0.1, 0.15) is 39.4 Å². The van der Waals surface area contributed by atoms with Crippen molar-refractivity contribution in [2.75, 3.05) is 0 Å². The van der Waals surface area contributed by atoms with Crippen LogP contribution < -0.4 is 5.32 Å². The van der Waals surface area contributed by atoms with Crippen molar-refractivity contribution in [2.24, 2.45) is 0 Å². The molecule has 122 valence electrons. The Morgan fingerprint density at radius 3 is 3.04 bits per heavy atom. The molecule has 24 heavy (non-hydrogen) atoms. The molecule has 1 amide bonds. The highest BCUT2D eigenvalue weighted by Crippen LogP contribution is 2.34. The Balaban J connectivity index is 1.64. The normalized spacial score (nSPS) is 13.0. The second-order valence-corrected chi connectivity index (χ2v) is 6.06. The van der Waals surface area contributed by atoms with Crippen molar-refractivity contribution in [3.8, 4) is 11.3 Å². The van der Waals surface area contributed by atoms with Gasteiger partial charge in [0.25, 0.3) is 5.91 Å². The highest BCUT2D eigenvalue weighted by molar-refractivity contribution is 5.95. The van der Waals surface area contributed by atoms with E-state index in [1.165, 1.54) is 23.0 Å². The average molecular weight is 322 g/mol. The van der Waals surface area contributed by atoms with Crippen LogP contribution in [0, 0.1) is 6.92 Å².